The van der Waals surface area contributed by atoms with E-state index in [9.17, 15) is 9.59 Å². The Morgan fingerprint density at radius 2 is 1.76 bits per heavy atom. The van der Waals surface area contributed by atoms with Crippen LogP contribution in [0.5, 0.6) is 5.75 Å². The normalized spacial score (nSPS) is 12.2. The maximum atomic E-state index is 13.4. The Morgan fingerprint density at radius 3 is 2.32 bits per heavy atom. The van der Waals surface area contributed by atoms with Crippen molar-refractivity contribution in [3.05, 3.63) is 63.6 Å². The van der Waals surface area contributed by atoms with Gasteiger partial charge in [-0.15, -0.1) is 0 Å². The van der Waals surface area contributed by atoms with Gasteiger partial charge in [0.1, 0.15) is 11.8 Å². The van der Waals surface area contributed by atoms with E-state index in [0.29, 0.717) is 25.3 Å². The van der Waals surface area contributed by atoms with E-state index < -0.39 is 6.04 Å². The molecule has 2 aromatic carbocycles. The molecule has 1 unspecified atom stereocenters. The third-order valence-corrected chi connectivity index (χ3v) is 6.46. The first-order chi connectivity index (χ1) is 16.1. The number of nitrogens with one attached hydrogen (secondary N) is 1. The van der Waals surface area contributed by atoms with Gasteiger partial charge >= 0.3 is 0 Å². The number of rotatable bonds is 11. The maximum absolute atomic E-state index is 13.4. The number of halogens is 1. The van der Waals surface area contributed by atoms with E-state index in [2.05, 4.69) is 48.9 Å². The standard InChI is InChI=1S/C28H39BrN2O3/c1-7-9-16-30-27(33)24(8-2)31(18-21-12-10-20(3)11-13-21)26(32)19-34-25-15-14-22(17-23(25)29)28(4,5)6/h10-15,17,24H,7-9,16,18-19H2,1-6H3,(H,30,33). The van der Waals surface area contributed by atoms with E-state index in [-0.39, 0.29) is 23.8 Å². The molecule has 0 aliphatic rings. The molecule has 2 amide bonds. The van der Waals surface area contributed by atoms with Gasteiger partial charge in [0.2, 0.25) is 5.91 Å². The summed E-state index contributed by atoms with van der Waals surface area (Å²) in [6.45, 7) is 13.3. The summed E-state index contributed by atoms with van der Waals surface area (Å²) in [4.78, 5) is 28.0. The summed E-state index contributed by atoms with van der Waals surface area (Å²) in [7, 11) is 0. The third kappa shape index (κ3) is 8.15. The van der Waals surface area contributed by atoms with Gasteiger partial charge in [0.05, 0.1) is 4.47 Å². The highest BCUT2D eigenvalue weighted by molar-refractivity contribution is 9.10. The summed E-state index contributed by atoms with van der Waals surface area (Å²) in [5.74, 6) is 0.272. The maximum Gasteiger partial charge on any atom is 0.261 e. The molecule has 2 rings (SSSR count). The summed E-state index contributed by atoms with van der Waals surface area (Å²) in [6, 6.07) is 13.4. The Bertz CT molecular complexity index is 951. The minimum absolute atomic E-state index is 0.0151. The van der Waals surface area contributed by atoms with Crippen LogP contribution in [-0.4, -0.2) is 35.9 Å². The molecular formula is C28H39BrN2O3. The van der Waals surface area contributed by atoms with Gasteiger partial charge < -0.3 is 15.0 Å². The van der Waals surface area contributed by atoms with Gasteiger partial charge in [-0.05, 0) is 64.4 Å². The molecule has 186 valence electrons. The van der Waals surface area contributed by atoms with Gasteiger partial charge in [0.15, 0.2) is 6.61 Å². The minimum Gasteiger partial charge on any atom is -0.483 e. The molecule has 2 aromatic rings. The Labute approximate surface area is 213 Å². The molecule has 0 aliphatic heterocycles. The first-order valence-corrected chi connectivity index (χ1v) is 12.9. The van der Waals surface area contributed by atoms with E-state index in [1.807, 2.05) is 56.3 Å². The molecule has 0 aromatic heterocycles. The number of carbonyl (C=O) groups is 2. The van der Waals surface area contributed by atoms with Crippen molar-refractivity contribution in [3.8, 4) is 5.75 Å². The monoisotopic (exact) mass is 530 g/mol. The molecule has 0 saturated heterocycles. The fourth-order valence-corrected chi connectivity index (χ4v) is 4.12. The first kappa shape index (κ1) is 27.9. The molecule has 0 bridgehead atoms. The van der Waals surface area contributed by atoms with Crippen molar-refractivity contribution in [2.45, 2.75) is 78.8 Å². The smallest absolute Gasteiger partial charge is 0.261 e. The Hall–Kier alpha value is -2.34. The quantitative estimate of drug-likeness (QED) is 0.354. The van der Waals surface area contributed by atoms with Crippen molar-refractivity contribution < 1.29 is 14.3 Å². The lowest BCUT2D eigenvalue weighted by atomic mass is 9.87. The largest absolute Gasteiger partial charge is 0.483 e. The zero-order chi connectivity index (χ0) is 25.3. The molecule has 0 fully saturated rings. The van der Waals surface area contributed by atoms with E-state index in [1.165, 1.54) is 5.56 Å². The summed E-state index contributed by atoms with van der Waals surface area (Å²) in [5.41, 5.74) is 3.32. The number of ether oxygens (including phenoxy) is 1. The second-order valence-corrected chi connectivity index (χ2v) is 10.6. The Balaban J connectivity index is 2.20. The number of benzene rings is 2. The fraction of sp³-hybridized carbons (Fsp3) is 0.500. The van der Waals surface area contributed by atoms with Gasteiger partial charge in [-0.2, -0.15) is 0 Å². The van der Waals surface area contributed by atoms with E-state index in [0.717, 1.165) is 28.4 Å². The number of aryl methyl sites for hydroxylation is 1. The van der Waals surface area contributed by atoms with E-state index in [4.69, 9.17) is 4.74 Å². The van der Waals surface area contributed by atoms with Crippen molar-refractivity contribution in [1.29, 1.82) is 0 Å². The van der Waals surface area contributed by atoms with Crippen molar-refractivity contribution in [1.82, 2.24) is 10.2 Å². The molecule has 34 heavy (non-hydrogen) atoms. The van der Waals surface area contributed by atoms with Crippen LogP contribution in [0.1, 0.15) is 70.6 Å². The second kappa shape index (κ2) is 12.9. The van der Waals surface area contributed by atoms with Gasteiger partial charge in [-0.3, -0.25) is 9.59 Å². The number of hydrogen-bond acceptors (Lipinski definition) is 3. The molecule has 5 nitrogen and oxygen atoms in total. The van der Waals surface area contributed by atoms with E-state index in [1.54, 1.807) is 4.90 Å². The number of amides is 2. The molecule has 6 heteroatoms. The van der Waals surface area contributed by atoms with Gasteiger partial charge in [0, 0.05) is 13.1 Å². The third-order valence-electron chi connectivity index (χ3n) is 5.84. The fourth-order valence-electron chi connectivity index (χ4n) is 3.62. The molecule has 0 heterocycles. The molecule has 1 atom stereocenters. The summed E-state index contributed by atoms with van der Waals surface area (Å²) < 4.78 is 6.71. The Kier molecular flexibility index (Phi) is 10.6. The van der Waals surface area contributed by atoms with Crippen LogP contribution >= 0.6 is 15.9 Å². The van der Waals surface area contributed by atoms with Gasteiger partial charge in [-0.1, -0.05) is 76.9 Å². The number of unbranched alkanes of at least 4 members (excludes halogenated alkanes) is 1. The number of nitrogens with zero attached hydrogens (tertiary/aromatic N) is 1. The lowest BCUT2D eigenvalue weighted by Gasteiger charge is -2.30. The SMILES string of the molecule is CCCCNC(=O)C(CC)N(Cc1ccc(C)cc1)C(=O)COc1ccc(C(C)(C)C)cc1Br. The topological polar surface area (TPSA) is 58.6 Å². The molecule has 1 N–H and O–H groups in total. The van der Waals surface area contributed by atoms with Crippen molar-refractivity contribution in [2.75, 3.05) is 13.2 Å². The molecule has 0 spiro atoms. The number of hydrogen-bond donors (Lipinski definition) is 1. The lowest BCUT2D eigenvalue weighted by molar-refractivity contribution is -0.143. The van der Waals surface area contributed by atoms with Crippen LogP contribution in [0.25, 0.3) is 0 Å². The first-order valence-electron chi connectivity index (χ1n) is 12.1. The van der Waals surface area contributed by atoms with Crippen LogP contribution in [0.4, 0.5) is 0 Å². The molecular weight excluding hydrogens is 492 g/mol. The minimum atomic E-state index is -0.555. The van der Waals surface area contributed by atoms with Crippen LogP contribution < -0.4 is 10.1 Å². The van der Waals surface area contributed by atoms with Crippen LogP contribution in [-0.2, 0) is 21.5 Å². The number of carbonyl (C=O) groups excluding carboxylic acids is 2. The Morgan fingerprint density at radius 1 is 1.09 bits per heavy atom. The summed E-state index contributed by atoms with van der Waals surface area (Å²) in [6.07, 6.45) is 2.44. The molecule has 0 saturated carbocycles. The summed E-state index contributed by atoms with van der Waals surface area (Å²) >= 11 is 3.57. The predicted octanol–water partition coefficient (Wildman–Crippen LogP) is 6.16. The van der Waals surface area contributed by atoms with E-state index >= 15 is 0 Å². The predicted molar refractivity (Wildman–Crippen MR) is 142 cm³/mol. The average Bonchev–Trinajstić information content (AvgIpc) is 2.78. The zero-order valence-corrected chi connectivity index (χ0v) is 23.0. The van der Waals surface area contributed by atoms with Gasteiger partial charge in [-0.25, -0.2) is 0 Å². The van der Waals surface area contributed by atoms with Crippen LogP contribution in [0.2, 0.25) is 0 Å². The summed E-state index contributed by atoms with van der Waals surface area (Å²) in [5, 5.41) is 2.99. The van der Waals surface area contributed by atoms with Gasteiger partial charge in [0.25, 0.3) is 5.91 Å². The van der Waals surface area contributed by atoms with Crippen LogP contribution in [0.15, 0.2) is 46.9 Å². The van der Waals surface area contributed by atoms with Crippen molar-refractivity contribution in [2.24, 2.45) is 0 Å². The highest BCUT2D eigenvalue weighted by Crippen LogP contribution is 2.31. The lowest BCUT2D eigenvalue weighted by Crippen LogP contribution is -2.50. The highest BCUT2D eigenvalue weighted by atomic mass is 79.9. The molecule has 0 radical (unpaired) electrons. The second-order valence-electron chi connectivity index (χ2n) is 9.76. The van der Waals surface area contributed by atoms with Crippen LogP contribution in [0, 0.1) is 6.92 Å². The van der Waals surface area contributed by atoms with Crippen molar-refractivity contribution in [3.63, 3.8) is 0 Å². The molecule has 0 aliphatic carbocycles. The van der Waals surface area contributed by atoms with Crippen LogP contribution in [0.3, 0.4) is 0 Å². The highest BCUT2D eigenvalue weighted by Gasteiger charge is 2.29. The average molecular weight is 532 g/mol. The zero-order valence-electron chi connectivity index (χ0n) is 21.4. The van der Waals surface area contributed by atoms with Crippen molar-refractivity contribution >= 4 is 27.7 Å².